The van der Waals surface area contributed by atoms with Gasteiger partial charge in [0, 0.05) is 12.3 Å². The second-order valence-electron chi connectivity index (χ2n) is 5.44. The third-order valence-electron chi connectivity index (χ3n) is 3.85. The molecular weight excluding hydrogens is 260 g/mol. The molecule has 0 spiro atoms. The number of nitrogens with zero attached hydrogens (tertiary/aromatic N) is 1. The Hall–Kier alpha value is -1.10. The van der Waals surface area contributed by atoms with Crippen molar-refractivity contribution < 1.29 is 8.42 Å². The summed E-state index contributed by atoms with van der Waals surface area (Å²) < 4.78 is 22.7. The second-order valence-corrected chi connectivity index (χ2v) is 7.40. The van der Waals surface area contributed by atoms with E-state index >= 15 is 0 Å². The van der Waals surface area contributed by atoms with Crippen LogP contribution >= 0.6 is 0 Å². The molecule has 0 bridgehead atoms. The summed E-state index contributed by atoms with van der Waals surface area (Å²) in [6.07, 6.45) is 9.02. The van der Waals surface area contributed by atoms with Gasteiger partial charge in [0.25, 0.3) is 0 Å². The van der Waals surface area contributed by atoms with Crippen molar-refractivity contribution >= 4 is 15.5 Å². The van der Waals surface area contributed by atoms with Gasteiger partial charge in [-0.05, 0) is 30.9 Å². The van der Waals surface area contributed by atoms with Crippen LogP contribution in [-0.2, 0) is 9.84 Å². The van der Waals surface area contributed by atoms with E-state index in [1.807, 2.05) is 0 Å². The number of pyridine rings is 1. The predicted octanol–water partition coefficient (Wildman–Crippen LogP) is 2.87. The fourth-order valence-electron chi connectivity index (χ4n) is 2.71. The van der Waals surface area contributed by atoms with Gasteiger partial charge in [0.2, 0.25) is 0 Å². The molecule has 0 amide bonds. The summed E-state index contributed by atoms with van der Waals surface area (Å²) in [5.74, 6) is 0.814. The summed E-state index contributed by atoms with van der Waals surface area (Å²) in [4.78, 5) is 4.00. The maximum Gasteiger partial charge on any atom is 0.192 e. The third kappa shape index (κ3) is 3.93. The topological polar surface area (TPSA) is 59.1 Å². The summed E-state index contributed by atoms with van der Waals surface area (Å²) in [5.41, 5.74) is 0.911. The van der Waals surface area contributed by atoms with Crippen molar-refractivity contribution in [3.05, 3.63) is 18.3 Å². The average Bonchev–Trinajstić information content (AvgIpc) is 2.38. The Morgan fingerprint density at radius 1 is 1.37 bits per heavy atom. The normalized spacial score (nSPS) is 24.1. The Labute approximate surface area is 115 Å². The molecule has 1 N–H and O–H groups in total. The lowest BCUT2D eigenvalue weighted by Crippen LogP contribution is -2.27. The van der Waals surface area contributed by atoms with Crippen LogP contribution in [0.3, 0.4) is 0 Å². The smallest absolute Gasteiger partial charge is 0.192 e. The van der Waals surface area contributed by atoms with Crippen molar-refractivity contribution in [3.8, 4) is 0 Å². The van der Waals surface area contributed by atoms with E-state index in [1.54, 1.807) is 18.3 Å². The summed E-state index contributed by atoms with van der Waals surface area (Å²) in [6.45, 7) is 2.25. The molecule has 1 heterocycles. The Morgan fingerprint density at radius 3 is 2.74 bits per heavy atom. The van der Waals surface area contributed by atoms with Crippen molar-refractivity contribution in [2.45, 2.75) is 50.1 Å². The third-order valence-corrected chi connectivity index (χ3v) is 4.85. The minimum atomic E-state index is -3.20. The molecule has 1 saturated carbocycles. The fourth-order valence-corrected chi connectivity index (χ4v) is 3.27. The molecule has 2 atom stereocenters. The van der Waals surface area contributed by atoms with Gasteiger partial charge in [-0.1, -0.05) is 26.2 Å². The highest BCUT2D eigenvalue weighted by Gasteiger charge is 2.20. The van der Waals surface area contributed by atoms with Gasteiger partial charge in [0.15, 0.2) is 14.9 Å². The largest absolute Gasteiger partial charge is 0.381 e. The van der Waals surface area contributed by atoms with Crippen molar-refractivity contribution in [1.82, 2.24) is 4.98 Å². The molecule has 4 nitrogen and oxygen atoms in total. The first-order chi connectivity index (χ1) is 8.99. The van der Waals surface area contributed by atoms with E-state index in [0.717, 1.165) is 11.6 Å². The summed E-state index contributed by atoms with van der Waals surface area (Å²) in [6, 6.07) is 3.86. The van der Waals surface area contributed by atoms with Crippen LogP contribution in [0.1, 0.15) is 39.0 Å². The number of hydrogen-bond donors (Lipinski definition) is 1. The van der Waals surface area contributed by atoms with Crippen molar-refractivity contribution in [2.75, 3.05) is 11.6 Å². The van der Waals surface area contributed by atoms with Crippen molar-refractivity contribution in [2.24, 2.45) is 5.92 Å². The molecule has 0 aromatic carbocycles. The van der Waals surface area contributed by atoms with Gasteiger partial charge in [-0.3, -0.25) is 0 Å². The SMILES string of the molecule is CCC1CCCC(Nc2ccc(S(C)(=O)=O)nc2)C1. The zero-order valence-electron chi connectivity index (χ0n) is 11.6. The Bertz CT molecular complexity index is 511. The first-order valence-corrected chi connectivity index (χ1v) is 8.81. The van der Waals surface area contributed by atoms with E-state index < -0.39 is 9.84 Å². The molecule has 0 saturated heterocycles. The van der Waals surface area contributed by atoms with Gasteiger partial charge in [-0.2, -0.15) is 0 Å². The van der Waals surface area contributed by atoms with Gasteiger partial charge in [0.1, 0.15) is 0 Å². The molecule has 2 unspecified atom stereocenters. The van der Waals surface area contributed by atoms with Crippen LogP contribution in [-0.4, -0.2) is 25.7 Å². The maximum atomic E-state index is 11.3. The minimum absolute atomic E-state index is 0.133. The number of anilines is 1. The van der Waals surface area contributed by atoms with Gasteiger partial charge in [0.05, 0.1) is 11.9 Å². The van der Waals surface area contributed by atoms with Gasteiger partial charge >= 0.3 is 0 Å². The van der Waals surface area contributed by atoms with E-state index in [4.69, 9.17) is 0 Å². The lowest BCUT2D eigenvalue weighted by Gasteiger charge is -2.29. The molecule has 0 radical (unpaired) electrons. The second kappa shape index (κ2) is 5.90. The lowest BCUT2D eigenvalue weighted by molar-refractivity contribution is 0.327. The number of hydrogen-bond acceptors (Lipinski definition) is 4. The molecule has 1 fully saturated rings. The highest BCUT2D eigenvalue weighted by atomic mass is 32.2. The molecule has 1 aromatic heterocycles. The van der Waals surface area contributed by atoms with Gasteiger partial charge < -0.3 is 5.32 Å². The Morgan fingerprint density at radius 2 is 2.16 bits per heavy atom. The molecular formula is C14H22N2O2S. The van der Waals surface area contributed by atoms with Crippen LogP contribution in [0.2, 0.25) is 0 Å². The summed E-state index contributed by atoms with van der Waals surface area (Å²) in [7, 11) is -3.20. The average molecular weight is 282 g/mol. The first kappa shape index (κ1) is 14.3. The van der Waals surface area contributed by atoms with E-state index in [1.165, 1.54) is 38.4 Å². The van der Waals surface area contributed by atoms with Gasteiger partial charge in [-0.15, -0.1) is 0 Å². The maximum absolute atomic E-state index is 11.3. The number of rotatable bonds is 4. The van der Waals surface area contributed by atoms with Gasteiger partial charge in [-0.25, -0.2) is 13.4 Å². The highest BCUT2D eigenvalue weighted by molar-refractivity contribution is 7.90. The molecule has 1 aliphatic carbocycles. The van der Waals surface area contributed by atoms with Crippen LogP contribution in [0.15, 0.2) is 23.4 Å². The molecule has 19 heavy (non-hydrogen) atoms. The van der Waals surface area contributed by atoms with Crippen LogP contribution in [0.4, 0.5) is 5.69 Å². The quantitative estimate of drug-likeness (QED) is 0.922. The number of aromatic nitrogens is 1. The zero-order chi connectivity index (χ0) is 13.9. The first-order valence-electron chi connectivity index (χ1n) is 6.91. The van der Waals surface area contributed by atoms with E-state index in [9.17, 15) is 8.42 Å². The van der Waals surface area contributed by atoms with Crippen LogP contribution in [0, 0.1) is 5.92 Å². The Kier molecular flexibility index (Phi) is 4.45. The van der Waals surface area contributed by atoms with Crippen LogP contribution < -0.4 is 5.32 Å². The van der Waals surface area contributed by atoms with E-state index in [-0.39, 0.29) is 5.03 Å². The van der Waals surface area contributed by atoms with Crippen molar-refractivity contribution in [3.63, 3.8) is 0 Å². The molecule has 106 valence electrons. The standard InChI is InChI=1S/C14H22N2O2S/c1-3-11-5-4-6-12(9-11)16-13-7-8-14(15-10-13)19(2,17)18/h7-8,10-12,16H,3-6,9H2,1-2H3. The minimum Gasteiger partial charge on any atom is -0.381 e. The molecule has 2 rings (SSSR count). The molecule has 1 aromatic rings. The number of sulfone groups is 1. The monoisotopic (exact) mass is 282 g/mol. The number of nitrogens with one attached hydrogen (secondary N) is 1. The highest BCUT2D eigenvalue weighted by Crippen LogP contribution is 2.28. The molecule has 5 heteroatoms. The molecule has 1 aliphatic rings. The zero-order valence-corrected chi connectivity index (χ0v) is 12.4. The predicted molar refractivity (Wildman–Crippen MR) is 77.0 cm³/mol. The lowest BCUT2D eigenvalue weighted by atomic mass is 9.84. The van der Waals surface area contributed by atoms with E-state index in [2.05, 4.69) is 17.2 Å². The summed E-state index contributed by atoms with van der Waals surface area (Å²) in [5, 5.41) is 3.60. The Balaban J connectivity index is 2.00. The fraction of sp³-hybridized carbons (Fsp3) is 0.643. The molecule has 0 aliphatic heterocycles. The van der Waals surface area contributed by atoms with Crippen molar-refractivity contribution in [1.29, 1.82) is 0 Å². The van der Waals surface area contributed by atoms with Crippen LogP contribution in [0.25, 0.3) is 0 Å². The van der Waals surface area contributed by atoms with Crippen LogP contribution in [0.5, 0.6) is 0 Å². The van der Waals surface area contributed by atoms with E-state index in [0.29, 0.717) is 6.04 Å². The summed E-state index contributed by atoms with van der Waals surface area (Å²) >= 11 is 0.